The quantitative estimate of drug-likeness (QED) is 0.843. The molecule has 0 aliphatic rings. The molecule has 3 nitrogen and oxygen atoms in total. The monoisotopic (exact) mass is 300 g/mol. The third-order valence-electron chi connectivity index (χ3n) is 1.79. The van der Waals surface area contributed by atoms with Gasteiger partial charge < -0.3 is 9.84 Å². The van der Waals surface area contributed by atoms with Gasteiger partial charge in [-0.25, -0.2) is 4.79 Å². The molecular weight excluding hydrogens is 293 g/mol. The molecule has 0 atom stereocenters. The lowest BCUT2D eigenvalue weighted by Gasteiger charge is -2.11. The van der Waals surface area contributed by atoms with Crippen LogP contribution < -0.4 is 4.74 Å². The van der Waals surface area contributed by atoms with E-state index in [1.807, 2.05) is 0 Å². The highest BCUT2D eigenvalue weighted by atomic mass is 35.5. The Hall–Kier alpha value is -1.08. The van der Waals surface area contributed by atoms with Gasteiger partial charge in [0.15, 0.2) is 5.75 Å². The van der Waals surface area contributed by atoms with Crippen LogP contribution in [0.4, 0.5) is 13.2 Å². The average molecular weight is 301 g/mol. The van der Waals surface area contributed by atoms with Crippen LogP contribution in [-0.4, -0.2) is 28.9 Å². The normalized spacial score (nSPS) is 11.3. The molecule has 0 bridgehead atoms. The number of hydrogen-bond donors (Lipinski definition) is 1. The van der Waals surface area contributed by atoms with Gasteiger partial charge in [0.05, 0.1) is 11.6 Å². The van der Waals surface area contributed by atoms with E-state index in [1.54, 1.807) is 0 Å². The summed E-state index contributed by atoms with van der Waals surface area (Å²) in [6.45, 7) is -0.284. The molecule has 0 radical (unpaired) electrons. The number of halogens is 4. The summed E-state index contributed by atoms with van der Waals surface area (Å²) in [7, 11) is 0. The number of hydrogen-bond acceptors (Lipinski definition) is 3. The highest BCUT2D eigenvalue weighted by Gasteiger charge is 2.27. The molecule has 8 heteroatoms. The number of ether oxygens (including phenoxy) is 1. The summed E-state index contributed by atoms with van der Waals surface area (Å²) in [5.74, 6) is -1.71. The van der Waals surface area contributed by atoms with Crippen molar-refractivity contribution in [3.05, 3.63) is 28.8 Å². The second-order valence-corrected chi connectivity index (χ2v) is 4.63. The summed E-state index contributed by atoms with van der Waals surface area (Å²) < 4.78 is 40.6. The summed E-state index contributed by atoms with van der Waals surface area (Å²) in [4.78, 5) is 10.8. The van der Waals surface area contributed by atoms with Gasteiger partial charge in [-0.1, -0.05) is 17.7 Å². The van der Waals surface area contributed by atoms with Crippen molar-refractivity contribution in [2.45, 2.75) is 5.51 Å². The Morgan fingerprint density at radius 2 is 2.11 bits per heavy atom. The Bertz CT molecular complexity index is 437. The van der Waals surface area contributed by atoms with Gasteiger partial charge in [0.2, 0.25) is 0 Å². The molecule has 1 N–H and O–H groups in total. The maximum Gasteiger partial charge on any atom is 0.441 e. The zero-order chi connectivity index (χ0) is 13.8. The van der Waals surface area contributed by atoms with Gasteiger partial charge >= 0.3 is 11.5 Å². The summed E-state index contributed by atoms with van der Waals surface area (Å²) >= 11 is 5.48. The molecule has 1 aromatic carbocycles. The van der Waals surface area contributed by atoms with E-state index in [2.05, 4.69) is 0 Å². The predicted molar refractivity (Wildman–Crippen MR) is 62.4 cm³/mol. The maximum atomic E-state index is 11.9. The van der Waals surface area contributed by atoms with Gasteiger partial charge in [-0.15, -0.1) is 0 Å². The number of carboxylic acid groups (broad SMARTS) is 1. The van der Waals surface area contributed by atoms with Crippen LogP contribution in [0.15, 0.2) is 18.2 Å². The smallest absolute Gasteiger partial charge is 0.441 e. The van der Waals surface area contributed by atoms with Gasteiger partial charge in [0, 0.05) is 5.75 Å². The van der Waals surface area contributed by atoms with Crippen molar-refractivity contribution in [2.24, 2.45) is 0 Å². The molecule has 0 saturated carbocycles. The maximum absolute atomic E-state index is 11.9. The van der Waals surface area contributed by atoms with Crippen molar-refractivity contribution < 1.29 is 27.8 Å². The molecule has 1 aromatic rings. The number of aromatic carboxylic acids is 1. The Balaban J connectivity index is 2.64. The molecule has 0 saturated heterocycles. The number of thioether (sulfide) groups is 1. The van der Waals surface area contributed by atoms with E-state index in [0.717, 1.165) is 0 Å². The zero-order valence-electron chi connectivity index (χ0n) is 8.83. The lowest BCUT2D eigenvalue weighted by atomic mass is 10.2. The van der Waals surface area contributed by atoms with Crippen molar-refractivity contribution in [1.29, 1.82) is 0 Å². The van der Waals surface area contributed by atoms with Gasteiger partial charge in [0.25, 0.3) is 0 Å². The number of rotatable bonds is 5. The van der Waals surface area contributed by atoms with Gasteiger partial charge in [-0.2, -0.15) is 13.2 Å². The Morgan fingerprint density at radius 1 is 1.44 bits per heavy atom. The molecule has 0 aliphatic carbocycles. The molecule has 0 amide bonds. The Labute approximate surface area is 110 Å². The molecule has 1 rings (SSSR count). The first-order valence-electron chi connectivity index (χ1n) is 4.66. The number of benzene rings is 1. The van der Waals surface area contributed by atoms with Crippen LogP contribution in [0, 0.1) is 0 Å². The summed E-state index contributed by atoms with van der Waals surface area (Å²) in [6, 6.07) is 4.09. The minimum Gasteiger partial charge on any atom is -0.490 e. The van der Waals surface area contributed by atoms with Crippen molar-refractivity contribution in [1.82, 2.24) is 0 Å². The SMILES string of the molecule is O=C(O)c1cccc(Cl)c1OCCSC(F)(F)F. The van der Waals surface area contributed by atoms with E-state index in [0.29, 0.717) is 0 Å². The van der Waals surface area contributed by atoms with E-state index in [9.17, 15) is 18.0 Å². The Morgan fingerprint density at radius 3 is 2.67 bits per heavy atom. The van der Waals surface area contributed by atoms with E-state index in [-0.39, 0.29) is 40.5 Å². The van der Waals surface area contributed by atoms with Crippen LogP contribution >= 0.6 is 23.4 Å². The molecular formula is C10H8ClF3O3S. The highest BCUT2D eigenvalue weighted by molar-refractivity contribution is 8.00. The molecule has 0 spiro atoms. The van der Waals surface area contributed by atoms with Crippen LogP contribution in [0.1, 0.15) is 10.4 Å². The third kappa shape index (κ3) is 4.66. The summed E-state index contributed by atoms with van der Waals surface area (Å²) in [5, 5.41) is 8.90. The van der Waals surface area contributed by atoms with E-state index in [1.165, 1.54) is 18.2 Å². The fourth-order valence-electron chi connectivity index (χ4n) is 1.13. The third-order valence-corrected chi connectivity index (χ3v) is 2.79. The Kier molecular flexibility index (Phi) is 5.15. The fraction of sp³-hybridized carbons (Fsp3) is 0.300. The van der Waals surface area contributed by atoms with Crippen LogP contribution in [-0.2, 0) is 0 Å². The molecule has 0 aliphatic heterocycles. The summed E-state index contributed by atoms with van der Waals surface area (Å²) in [5.41, 5.74) is -4.51. The minimum absolute atomic E-state index is 0.0481. The molecule has 0 fully saturated rings. The van der Waals surface area contributed by atoms with Crippen molar-refractivity contribution in [2.75, 3.05) is 12.4 Å². The van der Waals surface area contributed by atoms with E-state index < -0.39 is 11.5 Å². The minimum atomic E-state index is -4.33. The number of carbonyl (C=O) groups is 1. The lowest BCUT2D eigenvalue weighted by molar-refractivity contribution is -0.0329. The average Bonchev–Trinajstić information content (AvgIpc) is 2.24. The molecule has 0 heterocycles. The topological polar surface area (TPSA) is 46.5 Å². The number of alkyl halides is 3. The lowest BCUT2D eigenvalue weighted by Crippen LogP contribution is -2.10. The predicted octanol–water partition coefficient (Wildman–Crippen LogP) is 3.67. The fourth-order valence-corrected chi connectivity index (χ4v) is 1.75. The van der Waals surface area contributed by atoms with Crippen LogP contribution in [0.3, 0.4) is 0 Å². The molecule has 0 aromatic heterocycles. The first-order chi connectivity index (χ1) is 8.31. The van der Waals surface area contributed by atoms with Crippen molar-refractivity contribution in [3.63, 3.8) is 0 Å². The highest BCUT2D eigenvalue weighted by Crippen LogP contribution is 2.31. The molecule has 100 valence electrons. The van der Waals surface area contributed by atoms with Gasteiger partial charge in [0.1, 0.15) is 5.56 Å². The second kappa shape index (κ2) is 6.19. The van der Waals surface area contributed by atoms with Gasteiger partial charge in [-0.3, -0.25) is 0 Å². The van der Waals surface area contributed by atoms with Crippen LogP contribution in [0.2, 0.25) is 5.02 Å². The first-order valence-corrected chi connectivity index (χ1v) is 6.03. The van der Waals surface area contributed by atoms with Crippen molar-refractivity contribution >= 4 is 29.3 Å². The standard InChI is InChI=1S/C10H8ClF3O3S/c11-7-3-1-2-6(9(15)16)8(7)17-4-5-18-10(12,13)14/h1-3H,4-5H2,(H,15,16). The van der Waals surface area contributed by atoms with Crippen molar-refractivity contribution in [3.8, 4) is 5.75 Å². The van der Waals surface area contributed by atoms with Crippen LogP contribution in [0.25, 0.3) is 0 Å². The number of para-hydroxylation sites is 1. The van der Waals surface area contributed by atoms with Gasteiger partial charge in [-0.05, 0) is 23.9 Å². The molecule has 0 unspecified atom stereocenters. The zero-order valence-corrected chi connectivity index (χ0v) is 10.4. The molecule has 18 heavy (non-hydrogen) atoms. The van der Waals surface area contributed by atoms with E-state index >= 15 is 0 Å². The van der Waals surface area contributed by atoms with Crippen LogP contribution in [0.5, 0.6) is 5.75 Å². The second-order valence-electron chi connectivity index (χ2n) is 3.06. The van der Waals surface area contributed by atoms with E-state index in [4.69, 9.17) is 21.4 Å². The first kappa shape index (κ1) is 15.0. The largest absolute Gasteiger partial charge is 0.490 e. The summed E-state index contributed by atoms with van der Waals surface area (Å²) in [6.07, 6.45) is 0. The number of carboxylic acids is 1.